The van der Waals surface area contributed by atoms with Crippen molar-refractivity contribution in [2.75, 3.05) is 13.6 Å². The van der Waals surface area contributed by atoms with Crippen LogP contribution < -0.4 is 0 Å². The molecule has 0 aliphatic carbocycles. The molecule has 0 aromatic heterocycles. The van der Waals surface area contributed by atoms with Crippen LogP contribution in [0.3, 0.4) is 0 Å². The third-order valence-corrected chi connectivity index (χ3v) is 3.53. The summed E-state index contributed by atoms with van der Waals surface area (Å²) in [5, 5.41) is 0.570. The Bertz CT molecular complexity index is 519. The molecule has 0 saturated carbocycles. The molecule has 0 unspecified atom stereocenters. The molecule has 2 rings (SSSR count). The maximum absolute atomic E-state index is 12.2. The van der Waals surface area contributed by atoms with Crippen LogP contribution in [0.25, 0.3) is 6.08 Å². The monoisotopic (exact) mass is 260 g/mol. The highest BCUT2D eigenvalue weighted by Crippen LogP contribution is 2.21. The summed E-state index contributed by atoms with van der Waals surface area (Å²) in [4.78, 5) is 15.5. The largest absolute Gasteiger partial charge is 0.317 e. The van der Waals surface area contributed by atoms with Gasteiger partial charge in [0.05, 0.1) is 0 Å². The van der Waals surface area contributed by atoms with Gasteiger partial charge in [-0.05, 0) is 37.7 Å². The van der Waals surface area contributed by atoms with Crippen molar-refractivity contribution in [1.82, 2.24) is 9.80 Å². The molecule has 4 heteroatoms. The Hall–Kier alpha value is -1.68. The van der Waals surface area contributed by atoms with Gasteiger partial charge in [-0.2, -0.15) is 0 Å². The first-order valence-electron chi connectivity index (χ1n) is 5.92. The molecule has 1 aliphatic rings. The van der Waals surface area contributed by atoms with E-state index in [1.807, 2.05) is 51.2 Å². The van der Waals surface area contributed by atoms with E-state index in [-0.39, 0.29) is 5.91 Å². The quantitative estimate of drug-likeness (QED) is 0.602. The summed E-state index contributed by atoms with van der Waals surface area (Å²) in [6.45, 7) is 4.57. The number of likely N-dealkylation sites (N-methyl/N-ethyl adjacent to an activating group) is 2. The van der Waals surface area contributed by atoms with Gasteiger partial charge in [0.1, 0.15) is 5.70 Å². The van der Waals surface area contributed by atoms with E-state index < -0.39 is 0 Å². The zero-order valence-electron chi connectivity index (χ0n) is 10.8. The minimum atomic E-state index is -0.0226. The fourth-order valence-electron chi connectivity index (χ4n) is 1.91. The minimum Gasteiger partial charge on any atom is -0.317 e. The van der Waals surface area contributed by atoms with Gasteiger partial charge < -0.3 is 4.90 Å². The van der Waals surface area contributed by atoms with Crippen molar-refractivity contribution >= 4 is 29.3 Å². The first kappa shape index (κ1) is 12.8. The summed E-state index contributed by atoms with van der Waals surface area (Å²) in [6, 6.07) is 8.06. The Morgan fingerprint density at radius 2 is 1.89 bits per heavy atom. The van der Waals surface area contributed by atoms with E-state index >= 15 is 0 Å². The van der Waals surface area contributed by atoms with Gasteiger partial charge in [-0.15, -0.1) is 0 Å². The Labute approximate surface area is 113 Å². The molecule has 0 atom stereocenters. The molecule has 0 N–H and O–H groups in total. The topological polar surface area (TPSA) is 23.6 Å². The number of amides is 1. The molecule has 1 saturated heterocycles. The van der Waals surface area contributed by atoms with Gasteiger partial charge in [-0.25, -0.2) is 0 Å². The molecule has 1 aromatic rings. The standard InChI is InChI=1S/C14H16N2OS/c1-4-16-13(17)12(15(3)14(16)18)9-11-7-5-10(2)6-8-11/h5-9H,4H2,1-3H3. The number of carbonyl (C=O) groups excluding carboxylic acids is 1. The van der Waals surface area contributed by atoms with Crippen LogP contribution in [0.4, 0.5) is 0 Å². The Morgan fingerprint density at radius 1 is 1.28 bits per heavy atom. The van der Waals surface area contributed by atoms with Crippen molar-refractivity contribution in [3.8, 4) is 0 Å². The summed E-state index contributed by atoms with van der Waals surface area (Å²) in [6.07, 6.45) is 1.88. The first-order valence-corrected chi connectivity index (χ1v) is 6.33. The van der Waals surface area contributed by atoms with Crippen LogP contribution in [-0.2, 0) is 4.79 Å². The van der Waals surface area contributed by atoms with E-state index in [9.17, 15) is 4.79 Å². The summed E-state index contributed by atoms with van der Waals surface area (Å²) >= 11 is 5.24. The number of benzene rings is 1. The van der Waals surface area contributed by atoms with E-state index in [4.69, 9.17) is 12.2 Å². The van der Waals surface area contributed by atoms with Gasteiger partial charge in [0, 0.05) is 13.6 Å². The molecule has 0 spiro atoms. The predicted molar refractivity (Wildman–Crippen MR) is 76.9 cm³/mol. The highest BCUT2D eigenvalue weighted by Gasteiger charge is 2.34. The highest BCUT2D eigenvalue weighted by molar-refractivity contribution is 7.80. The van der Waals surface area contributed by atoms with Gasteiger partial charge in [-0.3, -0.25) is 9.69 Å². The van der Waals surface area contributed by atoms with Crippen LogP contribution in [0, 0.1) is 6.92 Å². The zero-order chi connectivity index (χ0) is 13.3. The van der Waals surface area contributed by atoms with Crippen molar-refractivity contribution in [2.45, 2.75) is 13.8 Å². The predicted octanol–water partition coefficient (Wildman–Crippen LogP) is 2.41. The van der Waals surface area contributed by atoms with E-state index in [0.717, 1.165) is 5.56 Å². The molecule has 1 aromatic carbocycles. The van der Waals surface area contributed by atoms with Gasteiger partial charge in [0.25, 0.3) is 5.91 Å². The van der Waals surface area contributed by atoms with E-state index in [1.54, 1.807) is 9.80 Å². The molecule has 0 bridgehead atoms. The number of hydrogen-bond acceptors (Lipinski definition) is 2. The lowest BCUT2D eigenvalue weighted by atomic mass is 10.1. The molecular weight excluding hydrogens is 244 g/mol. The van der Waals surface area contributed by atoms with Crippen LogP contribution in [-0.4, -0.2) is 34.4 Å². The van der Waals surface area contributed by atoms with Crippen molar-refractivity contribution < 1.29 is 4.79 Å². The van der Waals surface area contributed by atoms with Crippen LogP contribution in [0.1, 0.15) is 18.1 Å². The number of hydrogen-bond donors (Lipinski definition) is 0. The molecule has 1 heterocycles. The second-order valence-corrected chi connectivity index (χ2v) is 4.70. The van der Waals surface area contributed by atoms with Gasteiger partial charge in [0.2, 0.25) is 0 Å². The summed E-state index contributed by atoms with van der Waals surface area (Å²) in [5.74, 6) is -0.0226. The molecule has 1 fully saturated rings. The van der Waals surface area contributed by atoms with Gasteiger partial charge >= 0.3 is 0 Å². The molecule has 3 nitrogen and oxygen atoms in total. The number of thiocarbonyl (C=S) groups is 1. The summed E-state index contributed by atoms with van der Waals surface area (Å²) in [5.41, 5.74) is 2.84. The zero-order valence-corrected chi connectivity index (χ0v) is 11.6. The first-order chi connectivity index (χ1) is 8.54. The van der Waals surface area contributed by atoms with Crippen molar-refractivity contribution in [1.29, 1.82) is 0 Å². The molecule has 94 valence electrons. The number of aryl methyl sites for hydroxylation is 1. The number of nitrogens with zero attached hydrogens (tertiary/aromatic N) is 2. The lowest BCUT2D eigenvalue weighted by molar-refractivity contribution is -0.122. The lowest BCUT2D eigenvalue weighted by Crippen LogP contribution is -2.30. The van der Waals surface area contributed by atoms with Crippen LogP contribution >= 0.6 is 12.2 Å². The molecule has 1 amide bonds. The highest BCUT2D eigenvalue weighted by atomic mass is 32.1. The van der Waals surface area contributed by atoms with E-state index in [2.05, 4.69) is 0 Å². The van der Waals surface area contributed by atoms with Crippen LogP contribution in [0.2, 0.25) is 0 Å². The van der Waals surface area contributed by atoms with Crippen molar-refractivity contribution in [2.24, 2.45) is 0 Å². The maximum atomic E-state index is 12.2. The SMILES string of the molecule is CCN1C(=O)C(=Cc2ccc(C)cc2)N(C)C1=S. The van der Waals surface area contributed by atoms with Gasteiger partial charge in [-0.1, -0.05) is 29.8 Å². The van der Waals surface area contributed by atoms with Crippen molar-refractivity contribution in [3.63, 3.8) is 0 Å². The minimum absolute atomic E-state index is 0.0226. The van der Waals surface area contributed by atoms with Crippen molar-refractivity contribution in [3.05, 3.63) is 41.1 Å². The maximum Gasteiger partial charge on any atom is 0.276 e. The number of carbonyl (C=O) groups is 1. The molecule has 1 aliphatic heterocycles. The second kappa shape index (κ2) is 4.90. The summed E-state index contributed by atoms with van der Waals surface area (Å²) in [7, 11) is 1.83. The van der Waals surface area contributed by atoms with Crippen LogP contribution in [0.15, 0.2) is 30.0 Å². The van der Waals surface area contributed by atoms with E-state index in [1.165, 1.54) is 5.56 Å². The number of rotatable bonds is 2. The average molecular weight is 260 g/mol. The van der Waals surface area contributed by atoms with Gasteiger partial charge in [0.15, 0.2) is 5.11 Å². The fourth-order valence-corrected chi connectivity index (χ4v) is 2.22. The fraction of sp³-hybridized carbons (Fsp3) is 0.286. The van der Waals surface area contributed by atoms with Crippen LogP contribution in [0.5, 0.6) is 0 Å². The Kier molecular flexibility index (Phi) is 3.48. The molecule has 0 radical (unpaired) electrons. The second-order valence-electron chi connectivity index (χ2n) is 4.33. The smallest absolute Gasteiger partial charge is 0.276 e. The average Bonchev–Trinajstić information content (AvgIpc) is 2.56. The lowest BCUT2D eigenvalue weighted by Gasteiger charge is -2.13. The summed E-state index contributed by atoms with van der Waals surface area (Å²) < 4.78 is 0. The normalized spacial score (nSPS) is 18.1. The Balaban J connectivity index is 2.36. The third kappa shape index (κ3) is 2.16. The Morgan fingerprint density at radius 3 is 2.39 bits per heavy atom. The molecule has 18 heavy (non-hydrogen) atoms. The molecular formula is C14H16N2OS. The van der Waals surface area contributed by atoms with E-state index in [0.29, 0.717) is 17.4 Å². The third-order valence-electron chi connectivity index (χ3n) is 3.04.